The van der Waals surface area contributed by atoms with Crippen LogP contribution < -0.4 is 5.32 Å². The number of rotatable bonds is 3. The van der Waals surface area contributed by atoms with Gasteiger partial charge in [0.1, 0.15) is 0 Å². The monoisotopic (exact) mass is 260 g/mol. The van der Waals surface area contributed by atoms with Gasteiger partial charge in [-0.2, -0.15) is 0 Å². The summed E-state index contributed by atoms with van der Waals surface area (Å²) in [6, 6.07) is 7.85. The summed E-state index contributed by atoms with van der Waals surface area (Å²) in [4.78, 5) is 24.9. The van der Waals surface area contributed by atoms with Crippen molar-refractivity contribution in [2.75, 3.05) is 18.4 Å². The van der Waals surface area contributed by atoms with Crippen LogP contribution in [0.5, 0.6) is 0 Å². The number of anilines is 1. The third kappa shape index (κ3) is 2.95. The maximum atomic E-state index is 12.1. The summed E-state index contributed by atoms with van der Waals surface area (Å²) < 4.78 is 0. The number of carbonyl (C=O) groups is 2. The van der Waals surface area contributed by atoms with Crippen molar-refractivity contribution in [1.29, 1.82) is 0 Å². The lowest BCUT2D eigenvalue weighted by atomic mass is 9.97. The van der Waals surface area contributed by atoms with E-state index in [4.69, 9.17) is 0 Å². The molecule has 0 saturated carbocycles. The summed E-state index contributed by atoms with van der Waals surface area (Å²) in [5.74, 6) is 0.327. The second-order valence-electron chi connectivity index (χ2n) is 5.35. The van der Waals surface area contributed by atoms with E-state index in [9.17, 15) is 9.59 Å². The number of benzene rings is 1. The first-order valence-electron chi connectivity index (χ1n) is 6.64. The Bertz CT molecular complexity index is 491. The van der Waals surface area contributed by atoms with Crippen LogP contribution in [0.3, 0.4) is 0 Å². The number of nitrogens with one attached hydrogen (secondary N) is 1. The lowest BCUT2D eigenvalue weighted by Gasteiger charge is -2.37. The van der Waals surface area contributed by atoms with Crippen LogP contribution in [0.4, 0.5) is 5.69 Å². The van der Waals surface area contributed by atoms with Crippen LogP contribution in [0.15, 0.2) is 24.3 Å². The molecule has 0 bridgehead atoms. The molecule has 0 spiro atoms. The van der Waals surface area contributed by atoms with E-state index >= 15 is 0 Å². The Hall–Kier alpha value is -1.84. The van der Waals surface area contributed by atoms with E-state index in [-0.39, 0.29) is 17.7 Å². The standard InChI is InChI=1S/C15H20N2O2/c1-10(2)13-6-4-5-7-14(13)16-15(19)12-8-17(9-12)11(3)18/h4-7,10,12H,8-9H2,1-3H3,(H,16,19). The van der Waals surface area contributed by atoms with Gasteiger partial charge in [-0.05, 0) is 17.5 Å². The minimum atomic E-state index is -0.0795. The Balaban J connectivity index is 1.99. The van der Waals surface area contributed by atoms with Crippen molar-refractivity contribution in [2.24, 2.45) is 5.92 Å². The molecule has 4 heteroatoms. The van der Waals surface area contributed by atoms with Crippen LogP contribution >= 0.6 is 0 Å². The fraction of sp³-hybridized carbons (Fsp3) is 0.467. The Morgan fingerprint density at radius 2 is 1.89 bits per heavy atom. The smallest absolute Gasteiger partial charge is 0.231 e. The molecule has 19 heavy (non-hydrogen) atoms. The predicted molar refractivity (Wildman–Crippen MR) is 74.9 cm³/mol. The van der Waals surface area contributed by atoms with Gasteiger partial charge in [0.15, 0.2) is 0 Å². The number of para-hydroxylation sites is 1. The Morgan fingerprint density at radius 1 is 1.26 bits per heavy atom. The van der Waals surface area contributed by atoms with Crippen molar-refractivity contribution in [3.05, 3.63) is 29.8 Å². The molecule has 0 radical (unpaired) electrons. The van der Waals surface area contributed by atoms with E-state index in [0.717, 1.165) is 11.3 Å². The van der Waals surface area contributed by atoms with E-state index < -0.39 is 0 Å². The van der Waals surface area contributed by atoms with E-state index in [1.807, 2.05) is 24.3 Å². The third-order valence-electron chi connectivity index (χ3n) is 3.54. The Labute approximate surface area is 113 Å². The molecule has 2 rings (SSSR count). The zero-order chi connectivity index (χ0) is 14.0. The highest BCUT2D eigenvalue weighted by atomic mass is 16.2. The normalized spacial score (nSPS) is 15.3. The average Bonchev–Trinajstić information content (AvgIpc) is 2.26. The first kappa shape index (κ1) is 13.6. The molecule has 1 aliphatic heterocycles. The third-order valence-corrected chi connectivity index (χ3v) is 3.54. The second-order valence-corrected chi connectivity index (χ2v) is 5.35. The number of hydrogen-bond acceptors (Lipinski definition) is 2. The average molecular weight is 260 g/mol. The molecule has 0 atom stereocenters. The zero-order valence-electron chi connectivity index (χ0n) is 11.6. The molecular formula is C15H20N2O2. The van der Waals surface area contributed by atoms with Crippen LogP contribution in [-0.2, 0) is 9.59 Å². The SMILES string of the molecule is CC(=O)N1CC(C(=O)Nc2ccccc2C(C)C)C1. The first-order valence-corrected chi connectivity index (χ1v) is 6.64. The van der Waals surface area contributed by atoms with Crippen LogP contribution in [0.25, 0.3) is 0 Å². The number of nitrogens with zero attached hydrogens (tertiary/aromatic N) is 1. The van der Waals surface area contributed by atoms with Crippen molar-refractivity contribution in [3.63, 3.8) is 0 Å². The molecule has 0 unspecified atom stereocenters. The summed E-state index contributed by atoms with van der Waals surface area (Å²) in [6.45, 7) is 6.80. The van der Waals surface area contributed by atoms with Gasteiger partial charge < -0.3 is 10.2 Å². The van der Waals surface area contributed by atoms with Crippen LogP contribution in [0.1, 0.15) is 32.3 Å². The number of likely N-dealkylation sites (tertiary alicyclic amines) is 1. The lowest BCUT2D eigenvalue weighted by molar-refractivity contribution is -0.139. The Kier molecular flexibility index (Phi) is 3.88. The van der Waals surface area contributed by atoms with Gasteiger partial charge in [0.25, 0.3) is 0 Å². The van der Waals surface area contributed by atoms with E-state index in [1.54, 1.807) is 4.90 Å². The molecule has 2 amide bonds. The summed E-state index contributed by atoms with van der Waals surface area (Å²) in [6.07, 6.45) is 0. The highest BCUT2D eigenvalue weighted by molar-refractivity contribution is 5.95. The molecule has 1 fully saturated rings. The number of hydrogen-bond donors (Lipinski definition) is 1. The fourth-order valence-electron chi connectivity index (χ4n) is 2.25. The van der Waals surface area contributed by atoms with Crippen LogP contribution in [-0.4, -0.2) is 29.8 Å². The molecule has 1 saturated heterocycles. The molecule has 102 valence electrons. The maximum absolute atomic E-state index is 12.1. The minimum absolute atomic E-state index is 0.00519. The molecule has 4 nitrogen and oxygen atoms in total. The highest BCUT2D eigenvalue weighted by Gasteiger charge is 2.34. The lowest BCUT2D eigenvalue weighted by Crippen LogP contribution is -2.53. The summed E-state index contributed by atoms with van der Waals surface area (Å²) in [7, 11) is 0. The molecule has 1 aromatic carbocycles. The second kappa shape index (κ2) is 5.43. The van der Waals surface area contributed by atoms with Gasteiger partial charge >= 0.3 is 0 Å². The maximum Gasteiger partial charge on any atom is 0.231 e. The molecule has 1 N–H and O–H groups in total. The molecule has 1 aromatic rings. The highest BCUT2D eigenvalue weighted by Crippen LogP contribution is 2.25. The van der Waals surface area contributed by atoms with E-state index in [0.29, 0.717) is 19.0 Å². The van der Waals surface area contributed by atoms with Gasteiger partial charge in [-0.3, -0.25) is 9.59 Å². The zero-order valence-corrected chi connectivity index (χ0v) is 11.6. The van der Waals surface area contributed by atoms with Gasteiger partial charge in [-0.1, -0.05) is 32.0 Å². The molecule has 0 aromatic heterocycles. The van der Waals surface area contributed by atoms with Gasteiger partial charge in [0.2, 0.25) is 11.8 Å². The quantitative estimate of drug-likeness (QED) is 0.906. The molecule has 1 aliphatic rings. The fourth-order valence-corrected chi connectivity index (χ4v) is 2.25. The van der Waals surface area contributed by atoms with Crippen molar-refractivity contribution in [2.45, 2.75) is 26.7 Å². The first-order chi connectivity index (χ1) is 8.99. The van der Waals surface area contributed by atoms with E-state index in [2.05, 4.69) is 19.2 Å². The minimum Gasteiger partial charge on any atom is -0.341 e. The van der Waals surface area contributed by atoms with Crippen molar-refractivity contribution < 1.29 is 9.59 Å². The Morgan fingerprint density at radius 3 is 2.47 bits per heavy atom. The predicted octanol–water partition coefficient (Wildman–Crippen LogP) is 2.23. The van der Waals surface area contributed by atoms with Crippen molar-refractivity contribution in [3.8, 4) is 0 Å². The summed E-state index contributed by atoms with van der Waals surface area (Å²) in [5, 5.41) is 2.98. The largest absolute Gasteiger partial charge is 0.341 e. The summed E-state index contributed by atoms with van der Waals surface area (Å²) >= 11 is 0. The van der Waals surface area contributed by atoms with Gasteiger partial charge in [-0.25, -0.2) is 0 Å². The van der Waals surface area contributed by atoms with Gasteiger partial charge in [0.05, 0.1) is 5.92 Å². The molecule has 1 heterocycles. The van der Waals surface area contributed by atoms with Crippen LogP contribution in [0, 0.1) is 5.92 Å². The number of carbonyl (C=O) groups excluding carboxylic acids is 2. The molecule has 0 aliphatic carbocycles. The molecular weight excluding hydrogens is 240 g/mol. The topological polar surface area (TPSA) is 49.4 Å². The van der Waals surface area contributed by atoms with Crippen LogP contribution in [0.2, 0.25) is 0 Å². The van der Waals surface area contributed by atoms with E-state index in [1.165, 1.54) is 6.92 Å². The van der Waals surface area contributed by atoms with Gasteiger partial charge in [0, 0.05) is 25.7 Å². The van der Waals surface area contributed by atoms with Gasteiger partial charge in [-0.15, -0.1) is 0 Å². The number of amides is 2. The van der Waals surface area contributed by atoms with Crippen molar-refractivity contribution >= 4 is 17.5 Å². The summed E-state index contributed by atoms with van der Waals surface area (Å²) in [5.41, 5.74) is 2.02. The van der Waals surface area contributed by atoms with Crippen molar-refractivity contribution in [1.82, 2.24) is 4.90 Å².